The second kappa shape index (κ2) is 5.20. The summed E-state index contributed by atoms with van der Waals surface area (Å²) in [6, 6.07) is 9.19. The molecule has 7 nitrogen and oxygen atoms in total. The van der Waals surface area contributed by atoms with Gasteiger partial charge in [0.25, 0.3) is 0 Å². The lowest BCUT2D eigenvalue weighted by molar-refractivity contribution is 0.355. The van der Waals surface area contributed by atoms with Gasteiger partial charge in [-0.3, -0.25) is 5.10 Å². The summed E-state index contributed by atoms with van der Waals surface area (Å²) in [5.41, 5.74) is 6.35. The molecule has 2 aromatic heterocycles. The number of nitrogens with one attached hydrogen (secondary N) is 1. The third kappa shape index (κ3) is 2.40. The van der Waals surface area contributed by atoms with Crippen LogP contribution in [-0.4, -0.2) is 29.4 Å². The van der Waals surface area contributed by atoms with Gasteiger partial charge in [0, 0.05) is 5.56 Å². The predicted molar refractivity (Wildman–Crippen MR) is 77.0 cm³/mol. The summed E-state index contributed by atoms with van der Waals surface area (Å²) in [5, 5.41) is 6.47. The standard InChI is InChI=1S/C14H14N4O3/c1-19-10-4-3-8(7-12(10)20-2)9-5-6-11(21-9)13-16-14(15)18-17-13/h3-7H,1-2H3,(H3,15,16,17,18). The zero-order valence-corrected chi connectivity index (χ0v) is 11.6. The van der Waals surface area contributed by atoms with Crippen LogP contribution in [0.15, 0.2) is 34.7 Å². The van der Waals surface area contributed by atoms with E-state index in [1.165, 1.54) is 0 Å². The average Bonchev–Trinajstić information content (AvgIpc) is 3.15. The minimum atomic E-state index is 0.175. The highest BCUT2D eigenvalue weighted by molar-refractivity contribution is 5.65. The maximum atomic E-state index is 5.76. The van der Waals surface area contributed by atoms with Crippen molar-refractivity contribution >= 4 is 5.95 Å². The molecule has 0 amide bonds. The molecule has 0 aliphatic heterocycles. The van der Waals surface area contributed by atoms with Crippen molar-refractivity contribution in [1.29, 1.82) is 0 Å². The van der Waals surface area contributed by atoms with Crippen molar-refractivity contribution < 1.29 is 13.9 Å². The molecule has 0 unspecified atom stereocenters. The van der Waals surface area contributed by atoms with E-state index in [9.17, 15) is 0 Å². The number of H-pyrrole nitrogens is 1. The van der Waals surface area contributed by atoms with Crippen LogP contribution >= 0.6 is 0 Å². The highest BCUT2D eigenvalue weighted by atomic mass is 16.5. The Morgan fingerprint density at radius 2 is 1.81 bits per heavy atom. The number of benzene rings is 1. The molecule has 0 bridgehead atoms. The Morgan fingerprint density at radius 1 is 1.05 bits per heavy atom. The lowest BCUT2D eigenvalue weighted by atomic mass is 10.1. The van der Waals surface area contributed by atoms with Gasteiger partial charge >= 0.3 is 0 Å². The molecule has 7 heteroatoms. The monoisotopic (exact) mass is 286 g/mol. The molecule has 3 aromatic rings. The Hall–Kier alpha value is -2.96. The lowest BCUT2D eigenvalue weighted by Crippen LogP contribution is -1.90. The van der Waals surface area contributed by atoms with E-state index in [1.807, 2.05) is 24.3 Å². The van der Waals surface area contributed by atoms with Crippen LogP contribution in [0.4, 0.5) is 5.95 Å². The fourth-order valence-corrected chi connectivity index (χ4v) is 1.99. The van der Waals surface area contributed by atoms with Crippen LogP contribution in [0.5, 0.6) is 11.5 Å². The topological polar surface area (TPSA) is 99.2 Å². The number of methoxy groups -OCH3 is 2. The number of hydrogen-bond acceptors (Lipinski definition) is 6. The van der Waals surface area contributed by atoms with Crippen LogP contribution in [0.3, 0.4) is 0 Å². The summed E-state index contributed by atoms with van der Waals surface area (Å²) in [4.78, 5) is 4.02. The summed E-state index contributed by atoms with van der Waals surface area (Å²) in [7, 11) is 3.18. The molecular formula is C14H14N4O3. The van der Waals surface area contributed by atoms with Crippen molar-refractivity contribution in [3.8, 4) is 34.4 Å². The Bertz CT molecular complexity index is 763. The Labute approximate surface area is 120 Å². The van der Waals surface area contributed by atoms with Crippen molar-refractivity contribution in [3.05, 3.63) is 30.3 Å². The Kier molecular flexibility index (Phi) is 3.23. The van der Waals surface area contributed by atoms with Crippen LogP contribution in [0.25, 0.3) is 22.9 Å². The van der Waals surface area contributed by atoms with E-state index in [0.29, 0.717) is 28.8 Å². The number of aromatic nitrogens is 3. The highest BCUT2D eigenvalue weighted by Crippen LogP contribution is 2.34. The van der Waals surface area contributed by atoms with Crippen molar-refractivity contribution in [3.63, 3.8) is 0 Å². The number of nitrogens with zero attached hydrogens (tertiary/aromatic N) is 2. The molecule has 3 N–H and O–H groups in total. The van der Waals surface area contributed by atoms with Crippen LogP contribution in [0.1, 0.15) is 0 Å². The largest absolute Gasteiger partial charge is 0.493 e. The number of aromatic amines is 1. The Balaban J connectivity index is 1.96. The molecule has 0 aliphatic carbocycles. The molecular weight excluding hydrogens is 272 g/mol. The van der Waals surface area contributed by atoms with E-state index in [0.717, 1.165) is 5.56 Å². The number of nitrogen functional groups attached to an aromatic ring is 1. The third-order valence-electron chi connectivity index (χ3n) is 3.01. The van der Waals surface area contributed by atoms with Gasteiger partial charge in [-0.25, -0.2) is 0 Å². The van der Waals surface area contributed by atoms with Gasteiger partial charge in [-0.2, -0.15) is 4.98 Å². The number of ether oxygens (including phenoxy) is 2. The van der Waals surface area contributed by atoms with Crippen molar-refractivity contribution in [1.82, 2.24) is 15.2 Å². The molecule has 0 aliphatic rings. The van der Waals surface area contributed by atoms with E-state index in [-0.39, 0.29) is 5.95 Å². The molecule has 2 heterocycles. The van der Waals surface area contributed by atoms with Gasteiger partial charge < -0.3 is 19.6 Å². The Morgan fingerprint density at radius 3 is 2.48 bits per heavy atom. The normalized spacial score (nSPS) is 10.6. The maximum absolute atomic E-state index is 5.76. The number of nitrogens with two attached hydrogens (primary N) is 1. The van der Waals surface area contributed by atoms with E-state index in [1.54, 1.807) is 20.3 Å². The lowest BCUT2D eigenvalue weighted by Gasteiger charge is -2.08. The fourth-order valence-electron chi connectivity index (χ4n) is 1.99. The van der Waals surface area contributed by atoms with Crippen molar-refractivity contribution in [2.75, 3.05) is 20.0 Å². The number of rotatable bonds is 4. The second-order valence-electron chi connectivity index (χ2n) is 4.28. The van der Waals surface area contributed by atoms with Gasteiger partial charge in [-0.15, -0.1) is 5.10 Å². The molecule has 0 spiro atoms. The fraction of sp³-hybridized carbons (Fsp3) is 0.143. The van der Waals surface area contributed by atoms with Crippen LogP contribution in [0, 0.1) is 0 Å². The molecule has 108 valence electrons. The molecule has 21 heavy (non-hydrogen) atoms. The first-order chi connectivity index (χ1) is 10.2. The zero-order chi connectivity index (χ0) is 14.8. The van der Waals surface area contributed by atoms with E-state index in [4.69, 9.17) is 19.6 Å². The smallest absolute Gasteiger partial charge is 0.239 e. The van der Waals surface area contributed by atoms with E-state index >= 15 is 0 Å². The minimum absolute atomic E-state index is 0.175. The van der Waals surface area contributed by atoms with Gasteiger partial charge in [0.1, 0.15) is 5.76 Å². The molecule has 0 fully saturated rings. The van der Waals surface area contributed by atoms with Gasteiger partial charge in [0.2, 0.25) is 5.95 Å². The first-order valence-corrected chi connectivity index (χ1v) is 6.21. The first-order valence-electron chi connectivity index (χ1n) is 6.21. The zero-order valence-electron chi connectivity index (χ0n) is 11.6. The SMILES string of the molecule is COc1ccc(-c2ccc(-c3nc(N)n[nH]3)o2)cc1OC. The van der Waals surface area contributed by atoms with Crippen LogP contribution in [0.2, 0.25) is 0 Å². The van der Waals surface area contributed by atoms with Gasteiger partial charge in [-0.05, 0) is 30.3 Å². The minimum Gasteiger partial charge on any atom is -0.493 e. The highest BCUT2D eigenvalue weighted by Gasteiger charge is 2.12. The summed E-state index contributed by atoms with van der Waals surface area (Å²) >= 11 is 0. The van der Waals surface area contributed by atoms with Crippen LogP contribution < -0.4 is 15.2 Å². The van der Waals surface area contributed by atoms with Gasteiger partial charge in [-0.1, -0.05) is 0 Å². The summed E-state index contributed by atoms with van der Waals surface area (Å²) in [6.07, 6.45) is 0. The number of hydrogen-bond donors (Lipinski definition) is 2. The summed E-state index contributed by atoms with van der Waals surface area (Å²) in [5.74, 6) is 3.20. The molecule has 0 saturated heterocycles. The van der Waals surface area contributed by atoms with Gasteiger partial charge in [0.05, 0.1) is 14.2 Å². The van der Waals surface area contributed by atoms with Crippen LogP contribution in [-0.2, 0) is 0 Å². The predicted octanol–water partition coefficient (Wildman–Crippen LogP) is 2.33. The molecule has 0 saturated carbocycles. The van der Waals surface area contributed by atoms with E-state index in [2.05, 4.69) is 15.2 Å². The summed E-state index contributed by atoms with van der Waals surface area (Å²) in [6.45, 7) is 0. The third-order valence-corrected chi connectivity index (χ3v) is 3.01. The number of furan rings is 1. The summed E-state index contributed by atoms with van der Waals surface area (Å²) < 4.78 is 16.2. The van der Waals surface area contributed by atoms with Crippen molar-refractivity contribution in [2.24, 2.45) is 0 Å². The molecule has 1 aromatic carbocycles. The maximum Gasteiger partial charge on any atom is 0.239 e. The molecule has 3 rings (SSSR count). The van der Waals surface area contributed by atoms with Crippen molar-refractivity contribution in [2.45, 2.75) is 0 Å². The molecule has 0 radical (unpaired) electrons. The second-order valence-corrected chi connectivity index (χ2v) is 4.28. The number of anilines is 1. The van der Waals surface area contributed by atoms with E-state index < -0.39 is 0 Å². The van der Waals surface area contributed by atoms with Gasteiger partial charge in [0.15, 0.2) is 23.1 Å². The molecule has 0 atom stereocenters. The average molecular weight is 286 g/mol. The quantitative estimate of drug-likeness (QED) is 0.763. The first kappa shape index (κ1) is 13.0.